The molecule has 2 rings (SSSR count). The van der Waals surface area contributed by atoms with Gasteiger partial charge < -0.3 is 15.4 Å². The summed E-state index contributed by atoms with van der Waals surface area (Å²) in [5, 5.41) is 0. The van der Waals surface area contributed by atoms with Crippen molar-refractivity contribution in [2.45, 2.75) is 6.42 Å². The van der Waals surface area contributed by atoms with Gasteiger partial charge in [0.2, 0.25) is 5.91 Å². The summed E-state index contributed by atoms with van der Waals surface area (Å²) in [7, 11) is 1.78. The van der Waals surface area contributed by atoms with Crippen molar-refractivity contribution in [3.05, 3.63) is 60.2 Å². The first-order chi connectivity index (χ1) is 10.1. The van der Waals surface area contributed by atoms with Gasteiger partial charge in [0.1, 0.15) is 12.4 Å². The van der Waals surface area contributed by atoms with E-state index < -0.39 is 0 Å². The van der Waals surface area contributed by atoms with Crippen molar-refractivity contribution in [1.29, 1.82) is 0 Å². The Kier molecular flexibility index (Phi) is 5.21. The molecule has 0 aromatic heterocycles. The molecule has 0 radical (unpaired) electrons. The smallest absolute Gasteiger partial charge is 0.226 e. The fourth-order valence-corrected chi connectivity index (χ4v) is 1.95. The lowest BCUT2D eigenvalue weighted by Gasteiger charge is -2.17. The van der Waals surface area contributed by atoms with Crippen LogP contribution in [0.4, 0.5) is 5.69 Å². The second kappa shape index (κ2) is 7.33. The van der Waals surface area contributed by atoms with Crippen molar-refractivity contribution < 1.29 is 9.53 Å². The first-order valence-corrected chi connectivity index (χ1v) is 6.91. The molecule has 0 saturated heterocycles. The number of carbonyl (C=O) groups excluding carboxylic acids is 1. The van der Waals surface area contributed by atoms with E-state index in [0.29, 0.717) is 25.3 Å². The third-order valence-corrected chi connectivity index (χ3v) is 3.17. The number of carbonyl (C=O) groups is 1. The highest BCUT2D eigenvalue weighted by atomic mass is 16.5. The maximum Gasteiger partial charge on any atom is 0.226 e. The molecule has 0 fully saturated rings. The molecule has 0 aliphatic rings. The Morgan fingerprint density at radius 1 is 1.14 bits per heavy atom. The van der Waals surface area contributed by atoms with Crippen LogP contribution in [0.1, 0.15) is 5.56 Å². The second-order valence-corrected chi connectivity index (χ2v) is 4.90. The maximum absolute atomic E-state index is 12.1. The predicted molar refractivity (Wildman–Crippen MR) is 84.1 cm³/mol. The summed E-state index contributed by atoms with van der Waals surface area (Å²) >= 11 is 0. The van der Waals surface area contributed by atoms with Crippen LogP contribution in [-0.2, 0) is 11.2 Å². The minimum absolute atomic E-state index is 0.0530. The van der Waals surface area contributed by atoms with Crippen LogP contribution in [0.15, 0.2) is 54.6 Å². The zero-order valence-electron chi connectivity index (χ0n) is 12.2. The number of likely N-dealkylation sites (N-methyl/N-ethyl adjacent to an activating group) is 1. The summed E-state index contributed by atoms with van der Waals surface area (Å²) in [6.45, 7) is 1.03. The van der Waals surface area contributed by atoms with Crippen LogP contribution < -0.4 is 10.5 Å². The van der Waals surface area contributed by atoms with Crippen LogP contribution in [0.25, 0.3) is 0 Å². The fraction of sp³-hybridized carbons (Fsp3) is 0.235. The van der Waals surface area contributed by atoms with E-state index in [-0.39, 0.29) is 5.91 Å². The summed E-state index contributed by atoms with van der Waals surface area (Å²) in [5.41, 5.74) is 7.31. The summed E-state index contributed by atoms with van der Waals surface area (Å²) < 4.78 is 5.58. The number of hydrogen-bond acceptors (Lipinski definition) is 3. The molecular weight excluding hydrogens is 264 g/mol. The Balaban J connectivity index is 1.77. The van der Waals surface area contributed by atoms with Gasteiger partial charge in [0.25, 0.3) is 0 Å². The first-order valence-electron chi connectivity index (χ1n) is 6.91. The van der Waals surface area contributed by atoms with Crippen LogP contribution in [0.3, 0.4) is 0 Å². The number of nitrogens with two attached hydrogens (primary N) is 1. The molecule has 110 valence electrons. The molecule has 21 heavy (non-hydrogen) atoms. The van der Waals surface area contributed by atoms with Crippen molar-refractivity contribution >= 4 is 11.6 Å². The molecule has 0 bridgehead atoms. The van der Waals surface area contributed by atoms with Gasteiger partial charge in [-0.15, -0.1) is 0 Å². The second-order valence-electron chi connectivity index (χ2n) is 4.90. The molecule has 0 heterocycles. The molecule has 2 aromatic carbocycles. The molecule has 2 aromatic rings. The molecule has 0 atom stereocenters. The number of anilines is 1. The normalized spacial score (nSPS) is 10.1. The number of para-hydroxylation sites is 1. The molecule has 1 amide bonds. The van der Waals surface area contributed by atoms with Gasteiger partial charge in [-0.25, -0.2) is 0 Å². The molecular formula is C17H20N2O2. The van der Waals surface area contributed by atoms with Gasteiger partial charge in [-0.2, -0.15) is 0 Å². The zero-order valence-corrected chi connectivity index (χ0v) is 12.2. The topological polar surface area (TPSA) is 55.6 Å². The largest absolute Gasteiger partial charge is 0.492 e. The third kappa shape index (κ3) is 4.84. The third-order valence-electron chi connectivity index (χ3n) is 3.17. The molecule has 0 aliphatic heterocycles. The van der Waals surface area contributed by atoms with Gasteiger partial charge in [-0.3, -0.25) is 4.79 Å². The van der Waals surface area contributed by atoms with Gasteiger partial charge in [-0.05, 0) is 29.8 Å². The van der Waals surface area contributed by atoms with Gasteiger partial charge in [0, 0.05) is 12.7 Å². The number of amides is 1. The summed E-state index contributed by atoms with van der Waals surface area (Å²) in [6.07, 6.45) is 0.354. The maximum atomic E-state index is 12.1. The van der Waals surface area contributed by atoms with Crippen molar-refractivity contribution in [1.82, 2.24) is 4.90 Å². The minimum atomic E-state index is 0.0530. The van der Waals surface area contributed by atoms with Crippen molar-refractivity contribution in [2.24, 2.45) is 0 Å². The quantitative estimate of drug-likeness (QED) is 0.828. The highest BCUT2D eigenvalue weighted by molar-refractivity contribution is 5.78. The Bertz CT molecular complexity index is 584. The van der Waals surface area contributed by atoms with Gasteiger partial charge >= 0.3 is 0 Å². The summed E-state index contributed by atoms with van der Waals surface area (Å²) in [4.78, 5) is 13.8. The van der Waals surface area contributed by atoms with E-state index in [2.05, 4.69) is 0 Å². The van der Waals surface area contributed by atoms with Crippen LogP contribution in [0.2, 0.25) is 0 Å². The Morgan fingerprint density at radius 2 is 1.90 bits per heavy atom. The molecule has 0 unspecified atom stereocenters. The summed E-state index contributed by atoms with van der Waals surface area (Å²) in [6, 6.07) is 17.0. The average molecular weight is 284 g/mol. The number of ether oxygens (including phenoxy) is 1. The van der Waals surface area contributed by atoms with E-state index in [1.807, 2.05) is 54.6 Å². The van der Waals surface area contributed by atoms with E-state index in [0.717, 1.165) is 11.3 Å². The standard InChI is InChI=1S/C17H20N2O2/c1-19(10-11-21-16-8-3-2-4-9-16)17(20)13-14-6-5-7-15(18)12-14/h2-9,12H,10-11,13,18H2,1H3. The number of rotatable bonds is 6. The van der Waals surface area contributed by atoms with Crippen LogP contribution >= 0.6 is 0 Å². The van der Waals surface area contributed by atoms with Crippen molar-refractivity contribution in [3.8, 4) is 5.75 Å². The predicted octanol–water partition coefficient (Wildman–Crippen LogP) is 2.35. The van der Waals surface area contributed by atoms with E-state index in [1.165, 1.54) is 0 Å². The van der Waals surface area contributed by atoms with E-state index >= 15 is 0 Å². The Labute approximate surface area is 125 Å². The fourth-order valence-electron chi connectivity index (χ4n) is 1.95. The highest BCUT2D eigenvalue weighted by Crippen LogP contribution is 2.09. The van der Waals surface area contributed by atoms with Crippen LogP contribution in [0, 0.1) is 0 Å². The number of hydrogen-bond donors (Lipinski definition) is 1. The van der Waals surface area contributed by atoms with Gasteiger partial charge in [0.05, 0.1) is 13.0 Å². The SMILES string of the molecule is CN(CCOc1ccccc1)C(=O)Cc1cccc(N)c1. The first kappa shape index (κ1) is 14.9. The van der Waals surface area contributed by atoms with Gasteiger partial charge in [0.15, 0.2) is 0 Å². The van der Waals surface area contributed by atoms with Crippen molar-refractivity contribution in [2.75, 3.05) is 25.9 Å². The highest BCUT2D eigenvalue weighted by Gasteiger charge is 2.09. The van der Waals surface area contributed by atoms with E-state index in [1.54, 1.807) is 11.9 Å². The molecule has 0 aliphatic carbocycles. The molecule has 0 spiro atoms. The van der Waals surface area contributed by atoms with Crippen LogP contribution in [-0.4, -0.2) is 31.0 Å². The van der Waals surface area contributed by atoms with Crippen LogP contribution in [0.5, 0.6) is 5.75 Å². The minimum Gasteiger partial charge on any atom is -0.492 e. The monoisotopic (exact) mass is 284 g/mol. The average Bonchev–Trinajstić information content (AvgIpc) is 2.48. The molecule has 4 heteroatoms. The van der Waals surface area contributed by atoms with Crippen molar-refractivity contribution in [3.63, 3.8) is 0 Å². The van der Waals surface area contributed by atoms with Gasteiger partial charge in [-0.1, -0.05) is 30.3 Å². The Morgan fingerprint density at radius 3 is 2.62 bits per heavy atom. The van der Waals surface area contributed by atoms with E-state index in [4.69, 9.17) is 10.5 Å². The molecule has 0 saturated carbocycles. The molecule has 4 nitrogen and oxygen atoms in total. The Hall–Kier alpha value is -2.49. The zero-order chi connectivity index (χ0) is 15.1. The number of benzene rings is 2. The lowest BCUT2D eigenvalue weighted by molar-refractivity contribution is -0.129. The molecule has 2 N–H and O–H groups in total. The lowest BCUT2D eigenvalue weighted by Crippen LogP contribution is -2.32. The summed E-state index contributed by atoms with van der Waals surface area (Å²) in [5.74, 6) is 0.867. The number of nitrogens with zero attached hydrogens (tertiary/aromatic N) is 1. The van der Waals surface area contributed by atoms with E-state index in [9.17, 15) is 4.79 Å². The lowest BCUT2D eigenvalue weighted by atomic mass is 10.1. The number of nitrogen functional groups attached to an aromatic ring is 1.